The van der Waals surface area contributed by atoms with E-state index in [0.29, 0.717) is 5.15 Å². The van der Waals surface area contributed by atoms with Crippen LogP contribution in [0.15, 0.2) is 109 Å². The molecule has 140 valence electrons. The maximum atomic E-state index is 6.11. The fourth-order valence-electron chi connectivity index (χ4n) is 4.11. The van der Waals surface area contributed by atoms with E-state index in [-0.39, 0.29) is 0 Å². The Morgan fingerprint density at radius 2 is 1.14 bits per heavy atom. The minimum Gasteiger partial charge on any atom is -0.313 e. The molecule has 0 aliphatic heterocycles. The van der Waals surface area contributed by atoms with Gasteiger partial charge < -0.3 is 4.57 Å². The first-order valence-corrected chi connectivity index (χ1v) is 9.84. The highest BCUT2D eigenvalue weighted by Gasteiger charge is 2.39. The van der Waals surface area contributed by atoms with Crippen molar-refractivity contribution in [1.29, 1.82) is 0 Å². The molecule has 4 heteroatoms. The smallest absolute Gasteiger partial charge is 0.160 e. The normalized spacial score (nSPS) is 11.6. The Bertz CT molecular complexity index is 1150. The zero-order chi connectivity index (χ0) is 19.7. The molecule has 0 fully saturated rings. The lowest BCUT2D eigenvalue weighted by atomic mass is 9.76. The molecule has 0 bridgehead atoms. The molecule has 5 rings (SSSR count). The first-order chi connectivity index (χ1) is 14.3. The Balaban J connectivity index is 1.95. The molecule has 29 heavy (non-hydrogen) atoms. The van der Waals surface area contributed by atoms with Gasteiger partial charge in [-0.2, -0.15) is 0 Å². The van der Waals surface area contributed by atoms with E-state index in [1.54, 1.807) is 6.20 Å². The maximum Gasteiger partial charge on any atom is 0.160 e. The summed E-state index contributed by atoms with van der Waals surface area (Å²) in [5.41, 5.74) is 4.38. The highest BCUT2D eigenvalue weighted by molar-refractivity contribution is 6.29. The van der Waals surface area contributed by atoms with Gasteiger partial charge in [0.15, 0.2) is 5.65 Å². The van der Waals surface area contributed by atoms with Crippen LogP contribution in [0.3, 0.4) is 0 Å². The van der Waals surface area contributed by atoms with Gasteiger partial charge in [-0.1, -0.05) is 103 Å². The van der Waals surface area contributed by atoms with Gasteiger partial charge in [0.1, 0.15) is 16.2 Å². The third-order valence-corrected chi connectivity index (χ3v) is 5.48. The molecule has 5 aromatic rings. The fraction of sp³-hybridized carbons (Fsp3) is 0.0400. The van der Waals surface area contributed by atoms with Crippen molar-refractivity contribution in [1.82, 2.24) is 14.5 Å². The zero-order valence-corrected chi connectivity index (χ0v) is 16.4. The third kappa shape index (κ3) is 2.82. The summed E-state index contributed by atoms with van der Waals surface area (Å²) in [5, 5.41) is 0.389. The Labute approximate surface area is 174 Å². The molecule has 0 saturated heterocycles. The van der Waals surface area contributed by atoms with Gasteiger partial charge in [-0.15, -0.1) is 0 Å². The third-order valence-electron chi connectivity index (χ3n) is 5.30. The van der Waals surface area contributed by atoms with Crippen LogP contribution in [-0.4, -0.2) is 14.5 Å². The van der Waals surface area contributed by atoms with E-state index in [4.69, 9.17) is 11.6 Å². The van der Waals surface area contributed by atoms with Crippen LogP contribution in [0, 0.1) is 0 Å². The van der Waals surface area contributed by atoms with E-state index in [1.165, 1.54) is 0 Å². The molecule has 0 atom stereocenters. The van der Waals surface area contributed by atoms with Gasteiger partial charge in [0, 0.05) is 6.20 Å². The lowest BCUT2D eigenvalue weighted by Gasteiger charge is -2.38. The van der Waals surface area contributed by atoms with Gasteiger partial charge in [-0.25, -0.2) is 9.97 Å². The second kappa shape index (κ2) is 7.19. The SMILES string of the molecule is Clc1cnc2c(ccn2C(c2ccccc2)(c2ccccc2)c2ccccc2)n1. The number of nitrogens with zero attached hydrogens (tertiary/aromatic N) is 3. The fourth-order valence-corrected chi connectivity index (χ4v) is 4.25. The highest BCUT2D eigenvalue weighted by Crippen LogP contribution is 2.42. The first kappa shape index (κ1) is 17.7. The van der Waals surface area contributed by atoms with E-state index in [9.17, 15) is 0 Å². The van der Waals surface area contributed by atoms with Crippen LogP contribution in [0.4, 0.5) is 0 Å². The molecule has 0 aliphatic rings. The van der Waals surface area contributed by atoms with Gasteiger partial charge in [-0.05, 0) is 22.8 Å². The number of halogens is 1. The van der Waals surface area contributed by atoms with Crippen molar-refractivity contribution in [2.75, 3.05) is 0 Å². The van der Waals surface area contributed by atoms with Crippen molar-refractivity contribution in [3.05, 3.63) is 131 Å². The Morgan fingerprint density at radius 1 is 0.655 bits per heavy atom. The van der Waals surface area contributed by atoms with Crippen LogP contribution >= 0.6 is 11.6 Å². The number of hydrogen-bond donors (Lipinski definition) is 0. The molecule has 3 aromatic carbocycles. The quantitative estimate of drug-likeness (QED) is 0.353. The number of rotatable bonds is 4. The minimum absolute atomic E-state index is 0.389. The Kier molecular flexibility index (Phi) is 4.38. The van der Waals surface area contributed by atoms with Gasteiger partial charge in [0.2, 0.25) is 0 Å². The number of fused-ring (bicyclic) bond motifs is 1. The molecule has 0 amide bonds. The number of aromatic nitrogens is 3. The molecule has 2 aromatic heterocycles. The summed E-state index contributed by atoms with van der Waals surface area (Å²) >= 11 is 6.11. The standard InChI is InChI=1S/C25H18ClN3/c26-23-18-27-24-22(28-23)16-17-29(24)25(19-10-4-1-5-11-19,20-12-6-2-7-13-20)21-14-8-3-9-15-21/h1-18H. The molecule has 0 saturated carbocycles. The van der Waals surface area contributed by atoms with Gasteiger partial charge in [0.25, 0.3) is 0 Å². The number of hydrogen-bond acceptors (Lipinski definition) is 2. The predicted octanol–water partition coefficient (Wildman–Crippen LogP) is 5.92. The predicted molar refractivity (Wildman–Crippen MR) is 117 cm³/mol. The van der Waals surface area contributed by atoms with E-state index >= 15 is 0 Å². The largest absolute Gasteiger partial charge is 0.313 e. The van der Waals surface area contributed by atoms with Gasteiger partial charge >= 0.3 is 0 Å². The van der Waals surface area contributed by atoms with E-state index in [0.717, 1.165) is 27.9 Å². The van der Waals surface area contributed by atoms with Crippen molar-refractivity contribution >= 4 is 22.8 Å². The van der Waals surface area contributed by atoms with Crippen molar-refractivity contribution in [3.63, 3.8) is 0 Å². The molecule has 0 spiro atoms. The average Bonchev–Trinajstić information content (AvgIpc) is 3.20. The molecule has 3 nitrogen and oxygen atoms in total. The molecular formula is C25H18ClN3. The molecule has 0 unspecified atom stereocenters. The summed E-state index contributed by atoms with van der Waals surface area (Å²) in [6.45, 7) is 0. The average molecular weight is 396 g/mol. The molecule has 2 heterocycles. The van der Waals surface area contributed by atoms with E-state index < -0.39 is 5.54 Å². The van der Waals surface area contributed by atoms with Crippen LogP contribution in [0.25, 0.3) is 11.2 Å². The lowest BCUT2D eigenvalue weighted by molar-refractivity contribution is 0.530. The summed E-state index contributed by atoms with van der Waals surface area (Å²) in [4.78, 5) is 9.12. The second-order valence-electron chi connectivity index (χ2n) is 6.90. The number of benzene rings is 3. The Morgan fingerprint density at radius 3 is 1.62 bits per heavy atom. The summed E-state index contributed by atoms with van der Waals surface area (Å²) in [7, 11) is 0. The summed E-state index contributed by atoms with van der Waals surface area (Å²) in [6, 6.07) is 33.5. The maximum absolute atomic E-state index is 6.11. The lowest BCUT2D eigenvalue weighted by Crippen LogP contribution is -2.37. The van der Waals surface area contributed by atoms with Crippen LogP contribution in [-0.2, 0) is 5.54 Å². The van der Waals surface area contributed by atoms with Crippen molar-refractivity contribution in [2.45, 2.75) is 5.54 Å². The van der Waals surface area contributed by atoms with Crippen molar-refractivity contribution < 1.29 is 0 Å². The highest BCUT2D eigenvalue weighted by atomic mass is 35.5. The Hall–Kier alpha value is -3.43. The van der Waals surface area contributed by atoms with Crippen molar-refractivity contribution in [2.24, 2.45) is 0 Å². The summed E-state index contributed by atoms with van der Waals surface area (Å²) in [6.07, 6.45) is 3.65. The van der Waals surface area contributed by atoms with Crippen LogP contribution < -0.4 is 0 Å². The van der Waals surface area contributed by atoms with Crippen LogP contribution in [0.2, 0.25) is 5.15 Å². The van der Waals surface area contributed by atoms with Gasteiger partial charge in [0.05, 0.1) is 6.20 Å². The van der Waals surface area contributed by atoms with E-state index in [2.05, 4.69) is 87.3 Å². The first-order valence-electron chi connectivity index (χ1n) is 9.47. The van der Waals surface area contributed by atoms with Crippen LogP contribution in [0.5, 0.6) is 0 Å². The zero-order valence-electron chi connectivity index (χ0n) is 15.6. The summed E-state index contributed by atoms with van der Waals surface area (Å²) in [5.74, 6) is 0. The van der Waals surface area contributed by atoms with Crippen LogP contribution in [0.1, 0.15) is 16.7 Å². The van der Waals surface area contributed by atoms with Crippen molar-refractivity contribution in [3.8, 4) is 0 Å². The minimum atomic E-state index is -0.603. The topological polar surface area (TPSA) is 30.7 Å². The van der Waals surface area contributed by atoms with E-state index in [1.807, 2.05) is 30.5 Å². The molecular weight excluding hydrogens is 378 g/mol. The molecule has 0 N–H and O–H groups in total. The molecule has 0 aliphatic carbocycles. The monoisotopic (exact) mass is 395 g/mol. The summed E-state index contributed by atoms with van der Waals surface area (Å²) < 4.78 is 2.20. The van der Waals surface area contributed by atoms with Gasteiger partial charge in [-0.3, -0.25) is 0 Å². The molecule has 0 radical (unpaired) electrons. The second-order valence-corrected chi connectivity index (χ2v) is 7.28.